The molecule has 3 heteroatoms. The van der Waals surface area contributed by atoms with Crippen LogP contribution in [0.5, 0.6) is 0 Å². The van der Waals surface area contributed by atoms with Crippen LogP contribution in [-0.4, -0.2) is 31.2 Å². The number of piperazine rings is 1. The summed E-state index contributed by atoms with van der Waals surface area (Å²) in [6.45, 7) is 15.6. The first-order chi connectivity index (χ1) is 8.82. The first kappa shape index (κ1) is 14.3. The average molecular weight is 261 g/mol. The number of nitrogens with one attached hydrogen (secondary N) is 1. The van der Waals surface area contributed by atoms with Gasteiger partial charge in [0.2, 0.25) is 0 Å². The van der Waals surface area contributed by atoms with Crippen LogP contribution in [-0.2, 0) is 5.41 Å². The smallest absolute Gasteiger partial charge is 0.128 e. The molecule has 2 rings (SSSR count). The number of hydrogen-bond acceptors (Lipinski definition) is 3. The first-order valence-electron chi connectivity index (χ1n) is 7.25. The SMILES string of the molecule is CC(C)(C)C(C)(C)c1cccc(N2CCNCC2)n1. The largest absolute Gasteiger partial charge is 0.354 e. The highest BCUT2D eigenvalue weighted by atomic mass is 15.2. The molecule has 0 atom stereocenters. The molecule has 0 bridgehead atoms. The van der Waals surface area contributed by atoms with Crippen LogP contribution in [0, 0.1) is 5.41 Å². The molecule has 1 aliphatic heterocycles. The molecule has 0 spiro atoms. The van der Waals surface area contributed by atoms with Gasteiger partial charge >= 0.3 is 0 Å². The summed E-state index contributed by atoms with van der Waals surface area (Å²) < 4.78 is 0. The van der Waals surface area contributed by atoms with Crippen molar-refractivity contribution in [2.24, 2.45) is 5.41 Å². The van der Waals surface area contributed by atoms with Crippen molar-refractivity contribution in [1.82, 2.24) is 10.3 Å². The minimum absolute atomic E-state index is 0.0665. The number of pyridine rings is 1. The maximum atomic E-state index is 4.93. The van der Waals surface area contributed by atoms with E-state index >= 15 is 0 Å². The second-order valence-corrected chi connectivity index (χ2v) is 6.99. The van der Waals surface area contributed by atoms with Crippen molar-refractivity contribution in [3.05, 3.63) is 23.9 Å². The molecule has 1 aromatic rings. The fourth-order valence-electron chi connectivity index (χ4n) is 2.23. The van der Waals surface area contributed by atoms with Gasteiger partial charge in [-0.15, -0.1) is 0 Å². The Balaban J connectivity index is 2.28. The van der Waals surface area contributed by atoms with Crippen LogP contribution in [0.1, 0.15) is 40.3 Å². The van der Waals surface area contributed by atoms with E-state index in [4.69, 9.17) is 4.98 Å². The number of hydrogen-bond donors (Lipinski definition) is 1. The summed E-state index contributed by atoms with van der Waals surface area (Å²) in [7, 11) is 0. The highest BCUT2D eigenvalue weighted by molar-refractivity contribution is 5.41. The van der Waals surface area contributed by atoms with Crippen molar-refractivity contribution < 1.29 is 0 Å². The van der Waals surface area contributed by atoms with Crippen LogP contribution < -0.4 is 10.2 Å². The molecule has 1 aliphatic rings. The van der Waals surface area contributed by atoms with Gasteiger partial charge in [-0.2, -0.15) is 0 Å². The van der Waals surface area contributed by atoms with Gasteiger partial charge in [0.15, 0.2) is 0 Å². The Kier molecular flexibility index (Phi) is 3.86. The fraction of sp³-hybridized carbons (Fsp3) is 0.688. The predicted molar refractivity (Wildman–Crippen MR) is 81.8 cm³/mol. The molecule has 106 valence electrons. The zero-order valence-electron chi connectivity index (χ0n) is 13.0. The van der Waals surface area contributed by atoms with Crippen LogP contribution in [0.2, 0.25) is 0 Å². The summed E-state index contributed by atoms with van der Waals surface area (Å²) in [5.41, 5.74) is 1.45. The Bertz CT molecular complexity index is 426. The lowest BCUT2D eigenvalue weighted by atomic mass is 9.67. The number of rotatable bonds is 2. The van der Waals surface area contributed by atoms with E-state index in [2.05, 4.69) is 63.0 Å². The molecule has 0 aromatic carbocycles. The first-order valence-corrected chi connectivity index (χ1v) is 7.25. The normalized spacial score (nSPS) is 17.6. The molecule has 0 amide bonds. The lowest BCUT2D eigenvalue weighted by Crippen LogP contribution is -2.44. The second-order valence-electron chi connectivity index (χ2n) is 6.99. The Morgan fingerprint density at radius 2 is 1.68 bits per heavy atom. The van der Waals surface area contributed by atoms with Gasteiger partial charge in [0.1, 0.15) is 5.82 Å². The van der Waals surface area contributed by atoms with Crippen molar-refractivity contribution >= 4 is 5.82 Å². The van der Waals surface area contributed by atoms with Gasteiger partial charge in [-0.25, -0.2) is 4.98 Å². The van der Waals surface area contributed by atoms with Crippen molar-refractivity contribution in [2.75, 3.05) is 31.1 Å². The molecule has 1 fully saturated rings. The number of nitrogens with zero attached hydrogens (tertiary/aromatic N) is 2. The van der Waals surface area contributed by atoms with Gasteiger partial charge < -0.3 is 10.2 Å². The molecule has 0 radical (unpaired) electrons. The zero-order valence-corrected chi connectivity index (χ0v) is 13.0. The van der Waals surface area contributed by atoms with E-state index in [-0.39, 0.29) is 10.8 Å². The van der Waals surface area contributed by atoms with Gasteiger partial charge in [-0.1, -0.05) is 40.7 Å². The topological polar surface area (TPSA) is 28.2 Å². The number of aromatic nitrogens is 1. The van der Waals surface area contributed by atoms with Crippen molar-refractivity contribution in [1.29, 1.82) is 0 Å². The Labute approximate surface area is 117 Å². The maximum Gasteiger partial charge on any atom is 0.128 e. The maximum absolute atomic E-state index is 4.93. The van der Waals surface area contributed by atoms with Gasteiger partial charge in [0.25, 0.3) is 0 Å². The minimum Gasteiger partial charge on any atom is -0.354 e. The molecule has 2 heterocycles. The molecule has 19 heavy (non-hydrogen) atoms. The summed E-state index contributed by atoms with van der Waals surface area (Å²) >= 11 is 0. The fourth-order valence-corrected chi connectivity index (χ4v) is 2.23. The van der Waals surface area contributed by atoms with Crippen molar-refractivity contribution in [3.63, 3.8) is 0 Å². The van der Waals surface area contributed by atoms with E-state index in [1.807, 2.05) is 0 Å². The van der Waals surface area contributed by atoms with E-state index in [1.54, 1.807) is 0 Å². The average Bonchev–Trinajstić information content (AvgIpc) is 2.39. The summed E-state index contributed by atoms with van der Waals surface area (Å²) in [6, 6.07) is 6.44. The summed E-state index contributed by atoms with van der Waals surface area (Å²) in [6.07, 6.45) is 0. The third-order valence-electron chi connectivity index (χ3n) is 4.69. The van der Waals surface area contributed by atoms with Crippen LogP contribution in [0.25, 0.3) is 0 Å². The summed E-state index contributed by atoms with van der Waals surface area (Å²) in [4.78, 5) is 7.31. The zero-order chi connectivity index (χ0) is 14.1. The van der Waals surface area contributed by atoms with Crippen LogP contribution in [0.15, 0.2) is 18.2 Å². The van der Waals surface area contributed by atoms with Crippen molar-refractivity contribution in [3.8, 4) is 0 Å². The minimum atomic E-state index is 0.0665. The highest BCUT2D eigenvalue weighted by Gasteiger charge is 2.35. The molecule has 1 N–H and O–H groups in total. The van der Waals surface area contributed by atoms with Crippen LogP contribution in [0.3, 0.4) is 0 Å². The van der Waals surface area contributed by atoms with Crippen molar-refractivity contribution in [2.45, 2.75) is 40.0 Å². The van der Waals surface area contributed by atoms with Gasteiger partial charge in [0, 0.05) is 37.3 Å². The van der Waals surface area contributed by atoms with E-state index in [0.717, 1.165) is 32.0 Å². The molecule has 1 saturated heterocycles. The lowest BCUT2D eigenvalue weighted by Gasteiger charge is -2.39. The highest BCUT2D eigenvalue weighted by Crippen LogP contribution is 2.40. The molecular formula is C16H27N3. The van der Waals surface area contributed by atoms with Crippen LogP contribution in [0.4, 0.5) is 5.82 Å². The standard InChI is InChI=1S/C16H27N3/c1-15(2,3)16(4,5)13-7-6-8-14(18-13)19-11-9-17-10-12-19/h6-8,17H,9-12H2,1-5H3. The Morgan fingerprint density at radius 3 is 2.26 bits per heavy atom. The number of anilines is 1. The monoisotopic (exact) mass is 261 g/mol. The quantitative estimate of drug-likeness (QED) is 0.887. The predicted octanol–water partition coefficient (Wildman–Crippen LogP) is 2.81. The molecule has 0 saturated carbocycles. The second kappa shape index (κ2) is 5.12. The lowest BCUT2D eigenvalue weighted by molar-refractivity contribution is 0.220. The summed E-state index contributed by atoms with van der Waals surface area (Å²) in [5, 5.41) is 3.38. The van der Waals surface area contributed by atoms with E-state index < -0.39 is 0 Å². The Morgan fingerprint density at radius 1 is 1.05 bits per heavy atom. The molecule has 0 unspecified atom stereocenters. The van der Waals surface area contributed by atoms with Gasteiger partial charge in [-0.3, -0.25) is 0 Å². The van der Waals surface area contributed by atoms with E-state index in [9.17, 15) is 0 Å². The van der Waals surface area contributed by atoms with Crippen LogP contribution >= 0.6 is 0 Å². The third kappa shape index (κ3) is 2.92. The van der Waals surface area contributed by atoms with Gasteiger partial charge in [-0.05, 0) is 17.5 Å². The third-order valence-corrected chi connectivity index (χ3v) is 4.69. The molecule has 0 aliphatic carbocycles. The van der Waals surface area contributed by atoms with Gasteiger partial charge in [0.05, 0.1) is 0 Å². The molecule has 3 nitrogen and oxygen atoms in total. The van der Waals surface area contributed by atoms with E-state index in [0.29, 0.717) is 0 Å². The Hall–Kier alpha value is -1.09. The molecule has 1 aromatic heterocycles. The van der Waals surface area contributed by atoms with E-state index in [1.165, 1.54) is 5.69 Å². The molecular weight excluding hydrogens is 234 g/mol. The summed E-state index contributed by atoms with van der Waals surface area (Å²) in [5.74, 6) is 1.12.